The van der Waals surface area contributed by atoms with Crippen LogP contribution in [0.2, 0.25) is 0 Å². The van der Waals surface area contributed by atoms with E-state index >= 15 is 0 Å². The van der Waals surface area contributed by atoms with Crippen molar-refractivity contribution in [3.05, 3.63) is 35.7 Å². The average molecular weight is 259 g/mol. The summed E-state index contributed by atoms with van der Waals surface area (Å²) in [5.41, 5.74) is 3.19. The van der Waals surface area contributed by atoms with Crippen LogP contribution in [-0.4, -0.2) is 22.7 Å². The van der Waals surface area contributed by atoms with E-state index in [2.05, 4.69) is 34.8 Å². The molecule has 0 amide bonds. The van der Waals surface area contributed by atoms with Crippen molar-refractivity contribution in [1.82, 2.24) is 9.55 Å². The third kappa shape index (κ3) is 2.89. The largest absolute Gasteiger partial charge is 0.496 e. The molecule has 0 unspecified atom stereocenters. The molecule has 0 bridgehead atoms. The summed E-state index contributed by atoms with van der Waals surface area (Å²) in [5.74, 6) is 1.77. The van der Waals surface area contributed by atoms with Gasteiger partial charge in [0.2, 0.25) is 5.95 Å². The first-order valence-corrected chi connectivity index (χ1v) is 6.49. The Bertz CT molecular complexity index is 573. The fraction of sp³-hybridized carbons (Fsp3) is 0.400. The molecule has 0 atom stereocenters. The van der Waals surface area contributed by atoms with Crippen LogP contribution in [0.4, 0.5) is 5.95 Å². The zero-order chi connectivity index (χ0) is 14.0. The predicted molar refractivity (Wildman–Crippen MR) is 78.3 cm³/mol. The zero-order valence-electron chi connectivity index (χ0n) is 12.2. The molecule has 2 aromatic rings. The number of anilines is 1. The Balaban J connectivity index is 2.43. The summed E-state index contributed by atoms with van der Waals surface area (Å²) in [7, 11) is 1.69. The van der Waals surface area contributed by atoms with Gasteiger partial charge in [-0.1, -0.05) is 0 Å². The molecule has 0 spiro atoms. The van der Waals surface area contributed by atoms with Crippen LogP contribution in [0.15, 0.2) is 24.4 Å². The van der Waals surface area contributed by atoms with Crippen molar-refractivity contribution < 1.29 is 4.74 Å². The fourth-order valence-electron chi connectivity index (χ4n) is 2.07. The zero-order valence-corrected chi connectivity index (χ0v) is 12.2. The summed E-state index contributed by atoms with van der Waals surface area (Å²) < 4.78 is 7.37. The lowest BCUT2D eigenvalue weighted by Gasteiger charge is -2.13. The van der Waals surface area contributed by atoms with Gasteiger partial charge in [0, 0.05) is 17.9 Å². The standard InChI is InChI=1S/C15H21N3O/c1-10(2)16-15-17-12(4)9-18(15)13-6-7-14(19-5)11(3)8-13/h6-10H,1-5H3,(H,16,17). The molecule has 19 heavy (non-hydrogen) atoms. The molecule has 0 radical (unpaired) electrons. The number of ether oxygens (including phenoxy) is 1. The molecule has 1 N–H and O–H groups in total. The number of hydrogen-bond acceptors (Lipinski definition) is 3. The van der Waals surface area contributed by atoms with Crippen LogP contribution in [0.1, 0.15) is 25.1 Å². The van der Waals surface area contributed by atoms with Gasteiger partial charge in [-0.25, -0.2) is 4.98 Å². The van der Waals surface area contributed by atoms with Crippen molar-refractivity contribution in [3.63, 3.8) is 0 Å². The molecule has 102 valence electrons. The fourth-order valence-corrected chi connectivity index (χ4v) is 2.07. The molecule has 0 saturated heterocycles. The number of methoxy groups -OCH3 is 1. The summed E-state index contributed by atoms with van der Waals surface area (Å²) in [5, 5.41) is 3.36. The summed E-state index contributed by atoms with van der Waals surface area (Å²) in [6, 6.07) is 6.48. The lowest BCUT2D eigenvalue weighted by atomic mass is 10.2. The van der Waals surface area contributed by atoms with E-state index in [-0.39, 0.29) is 0 Å². The highest BCUT2D eigenvalue weighted by atomic mass is 16.5. The maximum Gasteiger partial charge on any atom is 0.207 e. The van der Waals surface area contributed by atoms with Crippen LogP contribution in [0.3, 0.4) is 0 Å². The van der Waals surface area contributed by atoms with Gasteiger partial charge in [0.1, 0.15) is 5.75 Å². The van der Waals surface area contributed by atoms with E-state index in [1.807, 2.05) is 32.2 Å². The Kier molecular flexibility index (Phi) is 3.79. The van der Waals surface area contributed by atoms with Gasteiger partial charge >= 0.3 is 0 Å². The normalized spacial score (nSPS) is 10.8. The van der Waals surface area contributed by atoms with Gasteiger partial charge in [0.25, 0.3) is 0 Å². The average Bonchev–Trinajstić information content (AvgIpc) is 2.69. The minimum absolute atomic E-state index is 0.347. The molecule has 1 aromatic carbocycles. The lowest BCUT2D eigenvalue weighted by Crippen LogP contribution is -2.14. The van der Waals surface area contributed by atoms with Crippen molar-refractivity contribution >= 4 is 5.95 Å². The highest BCUT2D eigenvalue weighted by molar-refractivity contribution is 5.48. The summed E-state index contributed by atoms with van der Waals surface area (Å²) >= 11 is 0. The number of nitrogens with one attached hydrogen (secondary N) is 1. The monoisotopic (exact) mass is 259 g/mol. The summed E-state index contributed by atoms with van der Waals surface area (Å²) in [6.45, 7) is 8.25. The van der Waals surface area contributed by atoms with Crippen LogP contribution < -0.4 is 10.1 Å². The van der Waals surface area contributed by atoms with Gasteiger partial charge in [-0.2, -0.15) is 0 Å². The lowest BCUT2D eigenvalue weighted by molar-refractivity contribution is 0.411. The maximum absolute atomic E-state index is 5.30. The molecule has 4 heteroatoms. The number of nitrogens with zero attached hydrogens (tertiary/aromatic N) is 2. The topological polar surface area (TPSA) is 39.1 Å². The Morgan fingerprint density at radius 1 is 1.26 bits per heavy atom. The van der Waals surface area contributed by atoms with E-state index < -0.39 is 0 Å². The van der Waals surface area contributed by atoms with E-state index in [1.165, 1.54) is 0 Å². The Hall–Kier alpha value is -1.97. The second-order valence-electron chi connectivity index (χ2n) is 5.03. The maximum atomic E-state index is 5.30. The Labute approximate surface area is 114 Å². The van der Waals surface area contributed by atoms with Crippen molar-refractivity contribution in [2.45, 2.75) is 33.7 Å². The van der Waals surface area contributed by atoms with E-state index in [9.17, 15) is 0 Å². The molecule has 1 aromatic heterocycles. The minimum Gasteiger partial charge on any atom is -0.496 e. The van der Waals surface area contributed by atoms with Crippen molar-refractivity contribution in [3.8, 4) is 11.4 Å². The van der Waals surface area contributed by atoms with Crippen LogP contribution >= 0.6 is 0 Å². The number of imidazole rings is 1. The molecule has 0 aliphatic carbocycles. The molecule has 0 aliphatic heterocycles. The van der Waals surface area contributed by atoms with Gasteiger partial charge in [0.15, 0.2) is 0 Å². The van der Waals surface area contributed by atoms with Crippen molar-refractivity contribution in [2.75, 3.05) is 12.4 Å². The second kappa shape index (κ2) is 5.34. The van der Waals surface area contributed by atoms with Crippen LogP contribution in [0.5, 0.6) is 5.75 Å². The second-order valence-corrected chi connectivity index (χ2v) is 5.03. The third-order valence-electron chi connectivity index (χ3n) is 2.90. The predicted octanol–water partition coefficient (Wildman–Crippen LogP) is 3.32. The molecular formula is C15H21N3O. The number of aromatic nitrogens is 2. The van der Waals surface area contributed by atoms with E-state index in [4.69, 9.17) is 4.74 Å². The number of hydrogen-bond donors (Lipinski definition) is 1. The number of rotatable bonds is 4. The molecule has 2 rings (SSSR count). The third-order valence-corrected chi connectivity index (χ3v) is 2.90. The number of aryl methyl sites for hydroxylation is 2. The van der Waals surface area contributed by atoms with Crippen molar-refractivity contribution in [1.29, 1.82) is 0 Å². The number of benzene rings is 1. The highest BCUT2D eigenvalue weighted by Crippen LogP contribution is 2.23. The van der Waals surface area contributed by atoms with E-state index in [0.29, 0.717) is 6.04 Å². The van der Waals surface area contributed by atoms with Crippen LogP contribution in [0.25, 0.3) is 5.69 Å². The first-order chi connectivity index (χ1) is 9.01. The molecule has 0 fully saturated rings. The molecule has 0 aliphatic rings. The first kappa shape index (κ1) is 13.5. The first-order valence-electron chi connectivity index (χ1n) is 6.49. The molecule has 1 heterocycles. The smallest absolute Gasteiger partial charge is 0.207 e. The van der Waals surface area contributed by atoms with Gasteiger partial charge in [-0.15, -0.1) is 0 Å². The van der Waals surface area contributed by atoms with Crippen LogP contribution in [-0.2, 0) is 0 Å². The molecular weight excluding hydrogens is 238 g/mol. The van der Waals surface area contributed by atoms with Gasteiger partial charge < -0.3 is 10.1 Å². The van der Waals surface area contributed by atoms with Gasteiger partial charge in [-0.05, 0) is 51.5 Å². The molecule has 4 nitrogen and oxygen atoms in total. The van der Waals surface area contributed by atoms with E-state index in [0.717, 1.165) is 28.6 Å². The summed E-state index contributed by atoms with van der Waals surface area (Å²) in [4.78, 5) is 4.52. The van der Waals surface area contributed by atoms with Crippen molar-refractivity contribution in [2.24, 2.45) is 0 Å². The Morgan fingerprint density at radius 2 is 2.00 bits per heavy atom. The van der Waals surface area contributed by atoms with E-state index in [1.54, 1.807) is 7.11 Å². The summed E-state index contributed by atoms with van der Waals surface area (Å²) in [6.07, 6.45) is 2.03. The van der Waals surface area contributed by atoms with Crippen LogP contribution in [0, 0.1) is 13.8 Å². The minimum atomic E-state index is 0.347. The quantitative estimate of drug-likeness (QED) is 0.915. The molecule has 0 saturated carbocycles. The SMILES string of the molecule is COc1ccc(-n2cc(C)nc2NC(C)C)cc1C. The van der Waals surface area contributed by atoms with Gasteiger partial charge in [0.05, 0.1) is 12.8 Å². The highest BCUT2D eigenvalue weighted by Gasteiger charge is 2.09. The van der Waals surface area contributed by atoms with Gasteiger partial charge in [-0.3, -0.25) is 4.57 Å². The Morgan fingerprint density at radius 3 is 2.58 bits per heavy atom.